The first-order chi connectivity index (χ1) is 13.5. The van der Waals surface area contributed by atoms with Gasteiger partial charge in [0.1, 0.15) is 0 Å². The van der Waals surface area contributed by atoms with Gasteiger partial charge in [-0.15, -0.1) is 0 Å². The van der Waals surface area contributed by atoms with Gasteiger partial charge >= 0.3 is 12.2 Å². The molecule has 1 atom stereocenters. The molecular weight excluding hydrogens is 409 g/mol. The van der Waals surface area contributed by atoms with E-state index in [0.29, 0.717) is 36.9 Å². The third-order valence-corrected chi connectivity index (χ3v) is 5.23. The first-order valence-corrected chi connectivity index (χ1v) is 9.78. The molecule has 0 bridgehead atoms. The van der Waals surface area contributed by atoms with Crippen molar-refractivity contribution in [1.82, 2.24) is 9.80 Å². The van der Waals surface area contributed by atoms with E-state index < -0.39 is 24.5 Å². The van der Waals surface area contributed by atoms with Gasteiger partial charge in [0.2, 0.25) is 5.91 Å². The van der Waals surface area contributed by atoms with Crippen molar-refractivity contribution in [3.05, 3.63) is 28.3 Å². The number of nitrogens with two attached hydrogens (primary N) is 1. The lowest BCUT2D eigenvalue weighted by Gasteiger charge is -2.39. The molecule has 0 radical (unpaired) electrons. The number of nitrogens with zero attached hydrogens (tertiary/aromatic N) is 2. The van der Waals surface area contributed by atoms with Crippen LogP contribution in [0.3, 0.4) is 0 Å². The predicted octanol–water partition coefficient (Wildman–Crippen LogP) is 3.90. The molecule has 0 aliphatic carbocycles. The monoisotopic (exact) mass is 434 g/mol. The minimum atomic E-state index is -4.27. The summed E-state index contributed by atoms with van der Waals surface area (Å²) < 4.78 is 36.7. The van der Waals surface area contributed by atoms with Crippen molar-refractivity contribution in [2.75, 3.05) is 25.0 Å². The molecule has 2 rings (SSSR count). The summed E-state index contributed by atoms with van der Waals surface area (Å²) in [5.41, 5.74) is 7.58. The van der Waals surface area contributed by atoms with Gasteiger partial charge in [0.05, 0.1) is 0 Å². The third kappa shape index (κ3) is 7.08. The maximum absolute atomic E-state index is 12.2. The Hall–Kier alpha value is -2.00. The van der Waals surface area contributed by atoms with Crippen molar-refractivity contribution in [2.45, 2.75) is 51.9 Å². The number of carbonyl (C=O) groups is 2. The second-order valence-corrected chi connectivity index (χ2v) is 7.81. The second-order valence-electron chi connectivity index (χ2n) is 7.37. The van der Waals surface area contributed by atoms with Crippen molar-refractivity contribution < 1.29 is 22.8 Å². The van der Waals surface area contributed by atoms with E-state index in [2.05, 4.69) is 10.2 Å². The van der Waals surface area contributed by atoms with Gasteiger partial charge in [0, 0.05) is 55.8 Å². The molecule has 0 aromatic heterocycles. The number of nitrogens with one attached hydrogen (secondary N) is 1. The van der Waals surface area contributed by atoms with Crippen LogP contribution in [0, 0.1) is 6.92 Å². The van der Waals surface area contributed by atoms with Gasteiger partial charge in [-0.2, -0.15) is 13.2 Å². The number of halogens is 4. The molecule has 1 aliphatic heterocycles. The van der Waals surface area contributed by atoms with E-state index in [1.165, 1.54) is 0 Å². The van der Waals surface area contributed by atoms with E-state index in [1.54, 1.807) is 17.0 Å². The molecule has 10 heteroatoms. The van der Waals surface area contributed by atoms with Gasteiger partial charge in [0.15, 0.2) is 0 Å². The van der Waals surface area contributed by atoms with Gasteiger partial charge in [-0.1, -0.05) is 11.6 Å². The van der Waals surface area contributed by atoms with Gasteiger partial charge < -0.3 is 16.0 Å². The average molecular weight is 435 g/mol. The molecular formula is C19H26ClF3N4O2. The largest absolute Gasteiger partial charge is 0.389 e. The summed E-state index contributed by atoms with van der Waals surface area (Å²) in [4.78, 5) is 27.2. The Morgan fingerprint density at radius 3 is 2.59 bits per heavy atom. The number of amides is 3. The number of hydrogen-bond donors (Lipinski definition) is 2. The highest BCUT2D eigenvalue weighted by Crippen LogP contribution is 2.27. The lowest BCUT2D eigenvalue weighted by Crippen LogP contribution is -2.55. The summed E-state index contributed by atoms with van der Waals surface area (Å²) in [6.07, 6.45) is -5.73. The summed E-state index contributed by atoms with van der Waals surface area (Å²) in [5, 5.41) is 3.10. The number of hydrogen-bond acceptors (Lipinski definition) is 3. The number of piperazine rings is 1. The molecule has 0 spiro atoms. The third-order valence-electron chi connectivity index (χ3n) is 5.01. The molecule has 1 aromatic rings. The number of primary amides is 1. The first-order valence-electron chi connectivity index (χ1n) is 9.40. The van der Waals surface area contributed by atoms with Crippen molar-refractivity contribution >= 4 is 29.2 Å². The van der Waals surface area contributed by atoms with Gasteiger partial charge in [-0.3, -0.25) is 9.69 Å². The standard InChI is InChI=1S/C19H26ClF3N4O2/c1-12-10-26(6-7-27(12)18(24)29)11-14-8-15(20)9-16(13(14)2)25-17(28)4-3-5-19(21,22)23/h8-9,12H,3-7,10-11H2,1-2H3,(H2,24,29)(H,25,28)/t12-/m0/s1. The fraction of sp³-hybridized carbons (Fsp3) is 0.579. The average Bonchev–Trinajstić information content (AvgIpc) is 2.57. The van der Waals surface area contributed by atoms with E-state index in [0.717, 1.165) is 11.1 Å². The highest BCUT2D eigenvalue weighted by atomic mass is 35.5. The Kier molecular flexibility index (Phi) is 7.76. The highest BCUT2D eigenvalue weighted by molar-refractivity contribution is 6.31. The van der Waals surface area contributed by atoms with E-state index in [-0.39, 0.29) is 18.9 Å². The molecule has 162 valence electrons. The van der Waals surface area contributed by atoms with Crippen LogP contribution < -0.4 is 11.1 Å². The number of carbonyl (C=O) groups excluding carboxylic acids is 2. The number of alkyl halides is 3. The lowest BCUT2D eigenvalue weighted by atomic mass is 10.0. The molecule has 0 unspecified atom stereocenters. The van der Waals surface area contributed by atoms with E-state index in [1.807, 2.05) is 13.8 Å². The van der Waals surface area contributed by atoms with Gasteiger partial charge in [-0.05, 0) is 43.5 Å². The number of rotatable bonds is 6. The van der Waals surface area contributed by atoms with Gasteiger partial charge in [-0.25, -0.2) is 4.79 Å². The smallest absolute Gasteiger partial charge is 0.351 e. The SMILES string of the molecule is Cc1c(CN2CCN(C(N)=O)[C@@H](C)C2)cc(Cl)cc1NC(=O)CCCC(F)(F)F. The summed E-state index contributed by atoms with van der Waals surface area (Å²) in [5.74, 6) is -0.478. The summed E-state index contributed by atoms with van der Waals surface area (Å²) in [6, 6.07) is 2.94. The quantitative estimate of drug-likeness (QED) is 0.712. The predicted molar refractivity (Wildman–Crippen MR) is 106 cm³/mol. The summed E-state index contributed by atoms with van der Waals surface area (Å²) in [6.45, 7) is 6.15. The van der Waals surface area contributed by atoms with Crippen LogP contribution in [0.2, 0.25) is 5.02 Å². The molecule has 29 heavy (non-hydrogen) atoms. The Labute approximate surface area is 173 Å². The molecule has 1 saturated heterocycles. The minimum absolute atomic E-state index is 0.0199. The Morgan fingerprint density at radius 1 is 1.31 bits per heavy atom. The van der Waals surface area contributed by atoms with Crippen LogP contribution in [0.4, 0.5) is 23.7 Å². The van der Waals surface area contributed by atoms with Crippen LogP contribution in [0.15, 0.2) is 12.1 Å². The lowest BCUT2D eigenvalue weighted by molar-refractivity contribution is -0.136. The molecule has 3 amide bonds. The molecule has 1 aliphatic rings. The fourth-order valence-corrected chi connectivity index (χ4v) is 3.68. The van der Waals surface area contributed by atoms with Gasteiger partial charge in [0.25, 0.3) is 0 Å². The maximum Gasteiger partial charge on any atom is 0.389 e. The van der Waals surface area contributed by atoms with Crippen LogP contribution >= 0.6 is 11.6 Å². The summed E-state index contributed by atoms with van der Waals surface area (Å²) in [7, 11) is 0. The van der Waals surface area contributed by atoms with Crippen LogP contribution in [-0.4, -0.2) is 53.6 Å². The Balaban J connectivity index is 2.01. The Bertz CT molecular complexity index is 758. The van der Waals surface area contributed by atoms with Crippen LogP contribution in [-0.2, 0) is 11.3 Å². The number of anilines is 1. The van der Waals surface area contributed by atoms with Crippen molar-refractivity contribution in [1.29, 1.82) is 0 Å². The van der Waals surface area contributed by atoms with Crippen molar-refractivity contribution in [3.8, 4) is 0 Å². The molecule has 6 nitrogen and oxygen atoms in total. The fourth-order valence-electron chi connectivity index (χ4n) is 3.44. The number of benzene rings is 1. The molecule has 1 aromatic carbocycles. The zero-order chi connectivity index (χ0) is 21.8. The minimum Gasteiger partial charge on any atom is -0.351 e. The normalized spacial score (nSPS) is 18.0. The zero-order valence-electron chi connectivity index (χ0n) is 16.5. The van der Waals surface area contributed by atoms with Crippen LogP contribution in [0.1, 0.15) is 37.3 Å². The number of urea groups is 1. The van der Waals surface area contributed by atoms with E-state index in [4.69, 9.17) is 17.3 Å². The molecule has 1 fully saturated rings. The second kappa shape index (κ2) is 9.67. The topological polar surface area (TPSA) is 78.7 Å². The van der Waals surface area contributed by atoms with Crippen LogP contribution in [0.25, 0.3) is 0 Å². The first kappa shape index (κ1) is 23.3. The molecule has 3 N–H and O–H groups in total. The van der Waals surface area contributed by atoms with Crippen molar-refractivity contribution in [2.24, 2.45) is 5.73 Å². The summed E-state index contributed by atoms with van der Waals surface area (Å²) >= 11 is 6.19. The molecule has 0 saturated carbocycles. The highest BCUT2D eigenvalue weighted by Gasteiger charge is 2.27. The van der Waals surface area contributed by atoms with E-state index in [9.17, 15) is 22.8 Å². The maximum atomic E-state index is 12.2. The van der Waals surface area contributed by atoms with Crippen molar-refractivity contribution in [3.63, 3.8) is 0 Å². The van der Waals surface area contributed by atoms with Crippen LogP contribution in [0.5, 0.6) is 0 Å². The molecule has 1 heterocycles. The Morgan fingerprint density at radius 2 is 2.00 bits per heavy atom. The van der Waals surface area contributed by atoms with E-state index >= 15 is 0 Å². The zero-order valence-corrected chi connectivity index (χ0v) is 17.2.